The molecule has 6 rings (SSSR count). The summed E-state index contributed by atoms with van der Waals surface area (Å²) in [5.41, 5.74) is 1.75. The van der Waals surface area contributed by atoms with Crippen molar-refractivity contribution in [3.63, 3.8) is 0 Å². The molecule has 1 atom stereocenters. The Morgan fingerprint density at radius 2 is 1.62 bits per heavy atom. The van der Waals surface area contributed by atoms with Crippen LogP contribution in [0.5, 0.6) is 0 Å². The molecule has 1 aromatic carbocycles. The maximum absolute atomic E-state index is 13.1. The van der Waals surface area contributed by atoms with E-state index in [0.29, 0.717) is 12.6 Å². The molecule has 0 spiro atoms. The Bertz CT molecular complexity index is 749. The summed E-state index contributed by atoms with van der Waals surface area (Å²) in [7, 11) is 0. The van der Waals surface area contributed by atoms with Crippen LogP contribution in [0.2, 0.25) is 0 Å². The second-order valence-electron chi connectivity index (χ2n) is 10.4. The minimum Gasteiger partial charge on any atom is -0.352 e. The molecule has 1 heterocycles. The summed E-state index contributed by atoms with van der Waals surface area (Å²) in [6.07, 6.45) is 10.8. The number of piperidine rings is 1. The van der Waals surface area contributed by atoms with Gasteiger partial charge in [-0.3, -0.25) is 9.59 Å². The Morgan fingerprint density at radius 1 is 1.00 bits per heavy atom. The SMILES string of the molecule is CC1CCCCN1C(=O)c1ccc(CNC(=O)C23CC4CC(CC(C4)C2)C3)cc1. The van der Waals surface area contributed by atoms with Gasteiger partial charge in [-0.2, -0.15) is 0 Å². The molecule has 4 bridgehead atoms. The Morgan fingerprint density at radius 3 is 2.21 bits per heavy atom. The van der Waals surface area contributed by atoms with E-state index in [-0.39, 0.29) is 17.2 Å². The fourth-order valence-corrected chi connectivity index (χ4v) is 7.09. The molecule has 5 aliphatic rings. The number of likely N-dealkylation sites (tertiary alicyclic amines) is 1. The summed E-state index contributed by atoms with van der Waals surface area (Å²) >= 11 is 0. The Balaban J connectivity index is 1.20. The smallest absolute Gasteiger partial charge is 0.254 e. The third-order valence-corrected chi connectivity index (χ3v) is 8.24. The van der Waals surface area contributed by atoms with Crippen LogP contribution in [-0.2, 0) is 11.3 Å². The highest BCUT2D eigenvalue weighted by Crippen LogP contribution is 2.60. The van der Waals surface area contributed by atoms with Crippen LogP contribution >= 0.6 is 0 Å². The minimum absolute atomic E-state index is 0.0882. The number of nitrogens with one attached hydrogen (secondary N) is 1. The van der Waals surface area contributed by atoms with Crippen molar-refractivity contribution in [2.45, 2.75) is 77.3 Å². The lowest BCUT2D eigenvalue weighted by Gasteiger charge is -2.55. The molecule has 1 saturated heterocycles. The van der Waals surface area contributed by atoms with Crippen molar-refractivity contribution in [2.24, 2.45) is 23.2 Å². The van der Waals surface area contributed by atoms with Gasteiger partial charge in [-0.15, -0.1) is 0 Å². The van der Waals surface area contributed by atoms with Crippen molar-refractivity contribution in [1.82, 2.24) is 10.2 Å². The molecule has 0 radical (unpaired) electrons. The van der Waals surface area contributed by atoms with Gasteiger partial charge in [0, 0.05) is 30.1 Å². The fraction of sp³-hybridized carbons (Fsp3) is 0.680. The average molecular weight is 395 g/mol. The summed E-state index contributed by atoms with van der Waals surface area (Å²) in [5, 5.41) is 3.24. The highest BCUT2D eigenvalue weighted by atomic mass is 16.2. The van der Waals surface area contributed by atoms with Gasteiger partial charge in [-0.25, -0.2) is 0 Å². The zero-order valence-electron chi connectivity index (χ0n) is 17.7. The third kappa shape index (κ3) is 3.60. The maximum atomic E-state index is 13.1. The van der Waals surface area contributed by atoms with E-state index < -0.39 is 0 Å². The largest absolute Gasteiger partial charge is 0.352 e. The average Bonchev–Trinajstić information content (AvgIpc) is 2.71. The lowest BCUT2D eigenvalue weighted by Crippen LogP contribution is -2.53. The molecule has 4 heteroatoms. The van der Waals surface area contributed by atoms with Crippen molar-refractivity contribution in [3.05, 3.63) is 35.4 Å². The number of carbonyl (C=O) groups excluding carboxylic acids is 2. The molecule has 156 valence electrons. The number of amides is 2. The lowest BCUT2D eigenvalue weighted by molar-refractivity contribution is -0.146. The molecule has 1 aliphatic heterocycles. The number of hydrogen-bond donors (Lipinski definition) is 1. The van der Waals surface area contributed by atoms with E-state index in [9.17, 15) is 9.59 Å². The lowest BCUT2D eigenvalue weighted by atomic mass is 9.49. The highest BCUT2D eigenvalue weighted by Gasteiger charge is 2.54. The van der Waals surface area contributed by atoms with Gasteiger partial charge in [-0.1, -0.05) is 12.1 Å². The summed E-state index contributed by atoms with van der Waals surface area (Å²) in [6.45, 7) is 3.57. The van der Waals surface area contributed by atoms with Crippen LogP contribution in [0.1, 0.15) is 80.6 Å². The molecular weight excluding hydrogens is 360 g/mol. The number of rotatable bonds is 4. The Labute approximate surface area is 174 Å². The second kappa shape index (κ2) is 7.45. The molecule has 4 saturated carbocycles. The van der Waals surface area contributed by atoms with Crippen molar-refractivity contribution in [1.29, 1.82) is 0 Å². The van der Waals surface area contributed by atoms with E-state index in [1.807, 2.05) is 29.2 Å². The summed E-state index contributed by atoms with van der Waals surface area (Å²) < 4.78 is 0. The van der Waals surface area contributed by atoms with Gasteiger partial charge < -0.3 is 10.2 Å². The van der Waals surface area contributed by atoms with Gasteiger partial charge in [0.15, 0.2) is 0 Å². The first-order valence-corrected chi connectivity index (χ1v) is 11.7. The van der Waals surface area contributed by atoms with Gasteiger partial charge in [0.1, 0.15) is 0 Å². The Kier molecular flexibility index (Phi) is 4.92. The van der Waals surface area contributed by atoms with E-state index in [2.05, 4.69) is 12.2 Å². The van der Waals surface area contributed by atoms with Crippen LogP contribution in [0, 0.1) is 23.2 Å². The summed E-state index contributed by atoms with van der Waals surface area (Å²) in [4.78, 5) is 27.9. The Hall–Kier alpha value is -1.84. The molecular formula is C25H34N2O2. The third-order valence-electron chi connectivity index (χ3n) is 8.24. The van der Waals surface area contributed by atoms with E-state index in [4.69, 9.17) is 0 Å². The van der Waals surface area contributed by atoms with E-state index >= 15 is 0 Å². The first-order valence-electron chi connectivity index (χ1n) is 11.7. The van der Waals surface area contributed by atoms with Gasteiger partial charge in [0.05, 0.1) is 0 Å². The number of benzene rings is 1. The topological polar surface area (TPSA) is 49.4 Å². The monoisotopic (exact) mass is 394 g/mol. The molecule has 1 aromatic rings. The van der Waals surface area contributed by atoms with Gasteiger partial charge >= 0.3 is 0 Å². The minimum atomic E-state index is -0.0882. The highest BCUT2D eigenvalue weighted by molar-refractivity contribution is 5.94. The van der Waals surface area contributed by atoms with Crippen molar-refractivity contribution in [2.75, 3.05) is 6.54 Å². The number of carbonyl (C=O) groups is 2. The van der Waals surface area contributed by atoms with Crippen LogP contribution < -0.4 is 5.32 Å². The standard InChI is InChI=1S/C25H34N2O2/c1-17-4-2-3-9-27(17)23(28)22-7-5-18(6-8-22)16-26-24(29)25-13-19-10-20(14-25)12-21(11-19)15-25/h5-8,17,19-21H,2-4,9-16H2,1H3,(H,26,29). The van der Waals surface area contributed by atoms with Gasteiger partial charge in [-0.05, 0) is 100 Å². The quantitative estimate of drug-likeness (QED) is 0.815. The molecule has 0 aromatic heterocycles. The molecule has 5 fully saturated rings. The fourth-order valence-electron chi connectivity index (χ4n) is 7.09. The molecule has 4 nitrogen and oxygen atoms in total. The number of nitrogens with zero attached hydrogens (tertiary/aromatic N) is 1. The van der Waals surface area contributed by atoms with Gasteiger partial charge in [0.2, 0.25) is 5.91 Å². The molecule has 1 N–H and O–H groups in total. The van der Waals surface area contributed by atoms with Crippen LogP contribution in [0.4, 0.5) is 0 Å². The summed E-state index contributed by atoms with van der Waals surface area (Å²) in [5.74, 6) is 2.78. The first kappa shape index (κ1) is 19.1. The molecule has 2 amide bonds. The first-order chi connectivity index (χ1) is 14.0. The molecule has 29 heavy (non-hydrogen) atoms. The molecule has 1 unspecified atom stereocenters. The maximum Gasteiger partial charge on any atom is 0.254 e. The van der Waals surface area contributed by atoms with Crippen LogP contribution in [0.3, 0.4) is 0 Å². The predicted octanol–water partition coefficient (Wildman–Crippen LogP) is 4.53. The van der Waals surface area contributed by atoms with Crippen LogP contribution in [-0.4, -0.2) is 29.3 Å². The van der Waals surface area contributed by atoms with Gasteiger partial charge in [0.25, 0.3) is 5.91 Å². The van der Waals surface area contributed by atoms with Crippen molar-refractivity contribution < 1.29 is 9.59 Å². The summed E-state index contributed by atoms with van der Waals surface area (Å²) in [6, 6.07) is 8.19. The van der Waals surface area contributed by atoms with E-state index in [1.165, 1.54) is 25.7 Å². The molecule has 4 aliphatic carbocycles. The normalized spacial score (nSPS) is 35.6. The van der Waals surface area contributed by atoms with Crippen molar-refractivity contribution in [3.8, 4) is 0 Å². The van der Waals surface area contributed by atoms with Crippen molar-refractivity contribution >= 4 is 11.8 Å². The second-order valence-corrected chi connectivity index (χ2v) is 10.4. The van der Waals surface area contributed by atoms with E-state index in [0.717, 1.165) is 67.5 Å². The predicted molar refractivity (Wildman–Crippen MR) is 113 cm³/mol. The zero-order chi connectivity index (χ0) is 20.0. The van der Waals surface area contributed by atoms with Crippen LogP contribution in [0.15, 0.2) is 24.3 Å². The van der Waals surface area contributed by atoms with E-state index in [1.54, 1.807) is 0 Å². The van der Waals surface area contributed by atoms with Crippen LogP contribution in [0.25, 0.3) is 0 Å². The zero-order valence-corrected chi connectivity index (χ0v) is 17.7. The number of hydrogen-bond acceptors (Lipinski definition) is 2.